The molecule has 1 amide bonds. The molecule has 0 aromatic rings. The van der Waals surface area contributed by atoms with Crippen LogP contribution in [0.1, 0.15) is 26.2 Å². The predicted octanol–water partition coefficient (Wildman–Crippen LogP) is 1.22. The first-order chi connectivity index (χ1) is 7.17. The van der Waals surface area contributed by atoms with Gasteiger partial charge >= 0.3 is 6.09 Å². The quantitative estimate of drug-likeness (QED) is 0.656. The number of hydrogen-bond acceptors (Lipinski definition) is 3. The largest absolute Gasteiger partial charge is 0.453 e. The Morgan fingerprint density at radius 3 is 2.73 bits per heavy atom. The van der Waals surface area contributed by atoms with Gasteiger partial charge in [-0.1, -0.05) is 0 Å². The molecule has 86 valence electrons. The second-order valence-corrected chi connectivity index (χ2v) is 4.90. The molecule has 2 rings (SSSR count). The molecule has 0 saturated carbocycles. The lowest BCUT2D eigenvalue weighted by molar-refractivity contribution is 0.114. The molecule has 0 aromatic heterocycles. The SMILES string of the molecule is COC(=O)N1CC2(CCNCC2)CC1C. The Bertz CT molecular complexity index is 249. The van der Waals surface area contributed by atoms with Crippen molar-refractivity contribution < 1.29 is 9.53 Å². The third kappa shape index (κ3) is 1.95. The Morgan fingerprint density at radius 2 is 2.13 bits per heavy atom. The molecule has 2 aliphatic heterocycles. The number of piperidine rings is 1. The van der Waals surface area contributed by atoms with Crippen molar-refractivity contribution in [2.45, 2.75) is 32.2 Å². The fourth-order valence-corrected chi connectivity index (χ4v) is 3.00. The number of ether oxygens (including phenoxy) is 1. The van der Waals surface area contributed by atoms with Gasteiger partial charge in [0.1, 0.15) is 0 Å². The van der Waals surface area contributed by atoms with Crippen LogP contribution in [0.25, 0.3) is 0 Å². The fraction of sp³-hybridized carbons (Fsp3) is 0.909. The summed E-state index contributed by atoms with van der Waals surface area (Å²) >= 11 is 0. The van der Waals surface area contributed by atoms with Gasteiger partial charge in [-0.05, 0) is 44.7 Å². The van der Waals surface area contributed by atoms with Crippen LogP contribution in [0.2, 0.25) is 0 Å². The Hall–Kier alpha value is -0.770. The highest BCUT2D eigenvalue weighted by Crippen LogP contribution is 2.41. The van der Waals surface area contributed by atoms with Crippen molar-refractivity contribution in [3.63, 3.8) is 0 Å². The van der Waals surface area contributed by atoms with Gasteiger partial charge in [-0.15, -0.1) is 0 Å². The number of hydrogen-bond donors (Lipinski definition) is 1. The van der Waals surface area contributed by atoms with E-state index in [4.69, 9.17) is 4.74 Å². The molecular formula is C11H20N2O2. The van der Waals surface area contributed by atoms with E-state index < -0.39 is 0 Å². The third-order valence-electron chi connectivity index (χ3n) is 3.84. The van der Waals surface area contributed by atoms with E-state index in [1.54, 1.807) is 0 Å². The number of likely N-dealkylation sites (tertiary alicyclic amines) is 1. The lowest BCUT2D eigenvalue weighted by Crippen LogP contribution is -2.40. The molecule has 0 radical (unpaired) electrons. The molecule has 1 unspecified atom stereocenters. The van der Waals surface area contributed by atoms with Crippen molar-refractivity contribution >= 4 is 6.09 Å². The smallest absolute Gasteiger partial charge is 0.409 e. The zero-order valence-corrected chi connectivity index (χ0v) is 9.58. The summed E-state index contributed by atoms with van der Waals surface area (Å²) < 4.78 is 4.81. The summed E-state index contributed by atoms with van der Waals surface area (Å²) in [7, 11) is 1.46. The van der Waals surface area contributed by atoms with E-state index in [-0.39, 0.29) is 6.09 Å². The van der Waals surface area contributed by atoms with Gasteiger partial charge in [-0.2, -0.15) is 0 Å². The van der Waals surface area contributed by atoms with E-state index in [0.29, 0.717) is 11.5 Å². The summed E-state index contributed by atoms with van der Waals surface area (Å²) in [4.78, 5) is 13.4. The number of nitrogens with one attached hydrogen (secondary N) is 1. The van der Waals surface area contributed by atoms with Crippen molar-refractivity contribution in [3.8, 4) is 0 Å². The fourth-order valence-electron chi connectivity index (χ4n) is 3.00. The Balaban J connectivity index is 2.04. The second-order valence-electron chi connectivity index (χ2n) is 4.90. The minimum atomic E-state index is -0.169. The van der Waals surface area contributed by atoms with Crippen molar-refractivity contribution in [1.82, 2.24) is 10.2 Å². The summed E-state index contributed by atoms with van der Waals surface area (Å²) in [5.41, 5.74) is 0.360. The van der Waals surface area contributed by atoms with Crippen molar-refractivity contribution in [2.75, 3.05) is 26.7 Å². The first kappa shape index (κ1) is 10.7. The van der Waals surface area contributed by atoms with Crippen LogP contribution in [0, 0.1) is 5.41 Å². The summed E-state index contributed by atoms with van der Waals surface area (Å²) in [6.07, 6.45) is 3.33. The molecular weight excluding hydrogens is 192 g/mol. The Labute approximate surface area is 91.0 Å². The molecule has 2 fully saturated rings. The molecule has 2 saturated heterocycles. The molecule has 1 atom stereocenters. The minimum absolute atomic E-state index is 0.169. The molecule has 1 N–H and O–H groups in total. The molecule has 2 aliphatic rings. The van der Waals surface area contributed by atoms with E-state index >= 15 is 0 Å². The molecule has 4 nitrogen and oxygen atoms in total. The summed E-state index contributed by atoms with van der Waals surface area (Å²) in [5, 5.41) is 3.37. The molecule has 0 aromatic carbocycles. The molecule has 0 bridgehead atoms. The van der Waals surface area contributed by atoms with Gasteiger partial charge in [0.25, 0.3) is 0 Å². The zero-order chi connectivity index (χ0) is 10.9. The minimum Gasteiger partial charge on any atom is -0.453 e. The molecule has 4 heteroatoms. The van der Waals surface area contributed by atoms with Gasteiger partial charge < -0.3 is 15.0 Å². The van der Waals surface area contributed by atoms with Crippen LogP contribution in [-0.2, 0) is 4.74 Å². The van der Waals surface area contributed by atoms with Gasteiger partial charge in [0, 0.05) is 12.6 Å². The topological polar surface area (TPSA) is 41.6 Å². The first-order valence-electron chi connectivity index (χ1n) is 5.72. The predicted molar refractivity (Wildman–Crippen MR) is 57.7 cm³/mol. The highest BCUT2D eigenvalue weighted by Gasteiger charge is 2.44. The van der Waals surface area contributed by atoms with Crippen LogP contribution in [0.5, 0.6) is 0 Å². The maximum Gasteiger partial charge on any atom is 0.409 e. The number of methoxy groups -OCH3 is 1. The second kappa shape index (κ2) is 4.00. The van der Waals surface area contributed by atoms with Crippen LogP contribution in [0.15, 0.2) is 0 Å². The lowest BCUT2D eigenvalue weighted by Gasteiger charge is -2.33. The van der Waals surface area contributed by atoms with E-state index in [2.05, 4.69) is 12.2 Å². The van der Waals surface area contributed by atoms with E-state index in [0.717, 1.165) is 26.1 Å². The van der Waals surface area contributed by atoms with Crippen LogP contribution in [0.3, 0.4) is 0 Å². The molecule has 0 aliphatic carbocycles. The summed E-state index contributed by atoms with van der Waals surface area (Å²) in [6.45, 7) is 5.17. The zero-order valence-electron chi connectivity index (χ0n) is 9.58. The lowest BCUT2D eigenvalue weighted by atomic mass is 9.77. The summed E-state index contributed by atoms with van der Waals surface area (Å²) in [6, 6.07) is 0.329. The highest BCUT2D eigenvalue weighted by molar-refractivity contribution is 5.68. The number of carbonyl (C=O) groups excluding carboxylic acids is 1. The number of amides is 1. The maximum absolute atomic E-state index is 11.5. The number of rotatable bonds is 0. The average molecular weight is 212 g/mol. The van der Waals surface area contributed by atoms with Crippen LogP contribution < -0.4 is 5.32 Å². The van der Waals surface area contributed by atoms with Gasteiger partial charge in [0.15, 0.2) is 0 Å². The third-order valence-corrected chi connectivity index (χ3v) is 3.84. The molecule has 2 heterocycles. The average Bonchev–Trinajstić information content (AvgIpc) is 2.55. The van der Waals surface area contributed by atoms with Gasteiger partial charge in [-0.3, -0.25) is 0 Å². The molecule has 1 spiro atoms. The van der Waals surface area contributed by atoms with E-state index in [1.807, 2.05) is 4.90 Å². The van der Waals surface area contributed by atoms with Crippen LogP contribution >= 0.6 is 0 Å². The van der Waals surface area contributed by atoms with E-state index in [9.17, 15) is 4.79 Å². The van der Waals surface area contributed by atoms with E-state index in [1.165, 1.54) is 20.0 Å². The van der Waals surface area contributed by atoms with Crippen LogP contribution in [-0.4, -0.2) is 43.8 Å². The van der Waals surface area contributed by atoms with Gasteiger partial charge in [-0.25, -0.2) is 4.79 Å². The monoisotopic (exact) mass is 212 g/mol. The Morgan fingerprint density at radius 1 is 1.47 bits per heavy atom. The van der Waals surface area contributed by atoms with Crippen LogP contribution in [0.4, 0.5) is 4.79 Å². The number of nitrogens with zero attached hydrogens (tertiary/aromatic N) is 1. The summed E-state index contributed by atoms with van der Waals surface area (Å²) in [5.74, 6) is 0. The molecule has 15 heavy (non-hydrogen) atoms. The first-order valence-corrected chi connectivity index (χ1v) is 5.72. The normalized spacial score (nSPS) is 29.5. The van der Waals surface area contributed by atoms with Crippen molar-refractivity contribution in [2.24, 2.45) is 5.41 Å². The standard InChI is InChI=1S/C11H20N2O2/c1-9-7-11(3-5-12-6-4-11)8-13(9)10(14)15-2/h9,12H,3-8H2,1-2H3. The maximum atomic E-state index is 11.5. The Kier molecular flexibility index (Phi) is 2.87. The highest BCUT2D eigenvalue weighted by atomic mass is 16.5. The number of carbonyl (C=O) groups is 1. The van der Waals surface area contributed by atoms with Gasteiger partial charge in [0.2, 0.25) is 0 Å². The van der Waals surface area contributed by atoms with Crippen molar-refractivity contribution in [3.05, 3.63) is 0 Å². The van der Waals surface area contributed by atoms with Gasteiger partial charge in [0.05, 0.1) is 7.11 Å². The van der Waals surface area contributed by atoms with Crippen molar-refractivity contribution in [1.29, 1.82) is 0 Å².